The lowest BCUT2D eigenvalue weighted by Crippen LogP contribution is -2.41. The molecule has 0 aliphatic rings. The summed E-state index contributed by atoms with van der Waals surface area (Å²) in [6.45, 7) is 9.15. The first-order valence-electron chi connectivity index (χ1n) is 7.43. The van der Waals surface area contributed by atoms with Gasteiger partial charge in [-0.2, -0.15) is 5.26 Å². The molecule has 0 bridgehead atoms. The van der Waals surface area contributed by atoms with Crippen molar-refractivity contribution in [2.75, 3.05) is 13.1 Å². The number of amides is 1. The van der Waals surface area contributed by atoms with Crippen LogP contribution in [0.25, 0.3) is 0 Å². The molecular weight excluding hydrogens is 276 g/mol. The topological polar surface area (TPSA) is 69.0 Å². The maximum absolute atomic E-state index is 12.1. The highest BCUT2D eigenvalue weighted by Crippen LogP contribution is 2.06. The minimum atomic E-state index is -0.360. The molecule has 22 heavy (non-hydrogen) atoms. The molecule has 0 aliphatic carbocycles. The Labute approximate surface area is 132 Å². The van der Waals surface area contributed by atoms with E-state index in [1.165, 1.54) is 5.56 Å². The van der Waals surface area contributed by atoms with Gasteiger partial charge in [-0.1, -0.05) is 0 Å². The predicted molar refractivity (Wildman–Crippen MR) is 86.8 cm³/mol. The third-order valence-electron chi connectivity index (χ3n) is 3.01. The number of nitriles is 1. The fourth-order valence-corrected chi connectivity index (χ4v) is 1.86. The van der Waals surface area contributed by atoms with Crippen LogP contribution in [0.1, 0.15) is 33.3 Å². The first-order chi connectivity index (χ1) is 10.4. The molecule has 118 valence electrons. The molecule has 1 aromatic rings. The maximum atomic E-state index is 12.1. The van der Waals surface area contributed by atoms with Gasteiger partial charge in [0.05, 0.1) is 0 Å². The first-order valence-corrected chi connectivity index (χ1v) is 7.43. The maximum Gasteiger partial charge on any atom is 0.263 e. The van der Waals surface area contributed by atoms with Crippen LogP contribution in [0, 0.1) is 11.3 Å². The standard InChI is InChI=1S/C17H24N4O/c1-5-21(11-8-14-6-9-19-10-7-14)13-15(12-18)16(22)20-17(2,3)4/h6-7,9-10,13H,5,8,11H2,1-4H3,(H,20,22)/b15-13-. The van der Waals surface area contributed by atoms with Gasteiger partial charge in [0.25, 0.3) is 5.91 Å². The van der Waals surface area contributed by atoms with Crippen molar-refractivity contribution in [2.24, 2.45) is 0 Å². The lowest BCUT2D eigenvalue weighted by atomic mass is 10.1. The van der Waals surface area contributed by atoms with Crippen LogP contribution in [0.4, 0.5) is 0 Å². The highest BCUT2D eigenvalue weighted by molar-refractivity contribution is 5.97. The molecule has 5 heteroatoms. The van der Waals surface area contributed by atoms with Gasteiger partial charge in [-0.3, -0.25) is 9.78 Å². The van der Waals surface area contributed by atoms with E-state index < -0.39 is 0 Å². The van der Waals surface area contributed by atoms with Crippen LogP contribution in [-0.4, -0.2) is 34.4 Å². The van der Waals surface area contributed by atoms with Crippen molar-refractivity contribution in [2.45, 2.75) is 39.7 Å². The molecule has 0 atom stereocenters. The quantitative estimate of drug-likeness (QED) is 0.646. The molecule has 0 aliphatic heterocycles. The van der Waals surface area contributed by atoms with Crippen LogP contribution in [0.5, 0.6) is 0 Å². The predicted octanol–water partition coefficient (Wildman–Crippen LogP) is 2.27. The SMILES string of the molecule is CCN(/C=C(/C#N)C(=O)NC(C)(C)C)CCc1ccncc1. The van der Waals surface area contributed by atoms with Crippen LogP contribution >= 0.6 is 0 Å². The number of nitrogens with one attached hydrogen (secondary N) is 1. The molecule has 1 heterocycles. The van der Waals surface area contributed by atoms with Crippen LogP contribution in [0.15, 0.2) is 36.3 Å². The summed E-state index contributed by atoms with van der Waals surface area (Å²) in [7, 11) is 0. The number of rotatable bonds is 6. The number of aromatic nitrogens is 1. The van der Waals surface area contributed by atoms with E-state index >= 15 is 0 Å². The Morgan fingerprint density at radius 1 is 1.41 bits per heavy atom. The van der Waals surface area contributed by atoms with Gasteiger partial charge in [0.1, 0.15) is 11.6 Å². The fraction of sp³-hybridized carbons (Fsp3) is 0.471. The Bertz CT molecular complexity index is 552. The van der Waals surface area contributed by atoms with Crippen molar-refractivity contribution in [1.82, 2.24) is 15.2 Å². The lowest BCUT2D eigenvalue weighted by Gasteiger charge is -2.22. The van der Waals surface area contributed by atoms with E-state index in [-0.39, 0.29) is 17.0 Å². The number of carbonyl (C=O) groups is 1. The fourth-order valence-electron chi connectivity index (χ4n) is 1.86. The molecule has 1 N–H and O–H groups in total. The Morgan fingerprint density at radius 3 is 2.55 bits per heavy atom. The van der Waals surface area contributed by atoms with Crippen LogP contribution in [0.3, 0.4) is 0 Å². The van der Waals surface area contributed by atoms with Gasteiger partial charge in [-0.25, -0.2) is 0 Å². The number of nitrogens with zero attached hydrogens (tertiary/aromatic N) is 3. The summed E-state index contributed by atoms with van der Waals surface area (Å²) in [5, 5.41) is 12.0. The van der Waals surface area contributed by atoms with E-state index in [0.29, 0.717) is 0 Å². The molecule has 0 radical (unpaired) electrons. The molecule has 1 rings (SSSR count). The highest BCUT2D eigenvalue weighted by Gasteiger charge is 2.17. The first kappa shape index (κ1) is 17.7. The van der Waals surface area contributed by atoms with Crippen molar-refractivity contribution in [3.05, 3.63) is 41.9 Å². The van der Waals surface area contributed by atoms with Crippen molar-refractivity contribution in [1.29, 1.82) is 5.26 Å². The zero-order valence-electron chi connectivity index (χ0n) is 13.8. The third kappa shape index (κ3) is 6.40. The molecule has 0 saturated heterocycles. The number of hydrogen-bond donors (Lipinski definition) is 1. The normalized spacial score (nSPS) is 11.7. The summed E-state index contributed by atoms with van der Waals surface area (Å²) in [6.07, 6.45) is 6.01. The van der Waals surface area contributed by atoms with Crippen LogP contribution in [-0.2, 0) is 11.2 Å². The molecule has 0 saturated carbocycles. The van der Waals surface area contributed by atoms with E-state index in [4.69, 9.17) is 0 Å². The summed E-state index contributed by atoms with van der Waals surface area (Å²) in [6, 6.07) is 5.92. The molecule has 1 amide bonds. The van der Waals surface area contributed by atoms with Gasteiger partial charge in [0.15, 0.2) is 0 Å². The largest absolute Gasteiger partial charge is 0.376 e. The Kier molecular flexibility index (Phi) is 6.58. The Hall–Kier alpha value is -2.35. The van der Waals surface area contributed by atoms with Gasteiger partial charge in [0.2, 0.25) is 0 Å². The van der Waals surface area contributed by atoms with E-state index in [0.717, 1.165) is 19.5 Å². The molecule has 0 aromatic carbocycles. The number of pyridine rings is 1. The molecular formula is C17H24N4O. The van der Waals surface area contributed by atoms with E-state index in [9.17, 15) is 10.1 Å². The molecule has 0 unspecified atom stereocenters. The van der Waals surface area contributed by atoms with Gasteiger partial charge >= 0.3 is 0 Å². The number of carbonyl (C=O) groups excluding carboxylic acids is 1. The van der Waals surface area contributed by atoms with Crippen LogP contribution in [0.2, 0.25) is 0 Å². The Balaban J connectivity index is 2.72. The second-order valence-corrected chi connectivity index (χ2v) is 6.09. The smallest absolute Gasteiger partial charge is 0.263 e. The van der Waals surface area contributed by atoms with Crippen molar-refractivity contribution < 1.29 is 4.79 Å². The zero-order valence-corrected chi connectivity index (χ0v) is 13.8. The number of likely N-dealkylation sites (N-methyl/N-ethyl adjacent to an activating group) is 1. The van der Waals surface area contributed by atoms with Gasteiger partial charge in [0, 0.05) is 37.2 Å². The minimum Gasteiger partial charge on any atom is -0.376 e. The second-order valence-electron chi connectivity index (χ2n) is 6.09. The van der Waals surface area contributed by atoms with Crippen molar-refractivity contribution >= 4 is 5.91 Å². The Morgan fingerprint density at radius 2 is 2.05 bits per heavy atom. The van der Waals surface area contributed by atoms with Crippen molar-refractivity contribution in [3.63, 3.8) is 0 Å². The molecule has 5 nitrogen and oxygen atoms in total. The third-order valence-corrected chi connectivity index (χ3v) is 3.01. The lowest BCUT2D eigenvalue weighted by molar-refractivity contribution is -0.118. The summed E-state index contributed by atoms with van der Waals surface area (Å²) >= 11 is 0. The van der Waals surface area contributed by atoms with E-state index in [1.807, 2.05) is 50.8 Å². The van der Waals surface area contributed by atoms with Crippen LogP contribution < -0.4 is 5.32 Å². The second kappa shape index (κ2) is 8.18. The molecule has 0 fully saturated rings. The van der Waals surface area contributed by atoms with E-state index in [1.54, 1.807) is 18.6 Å². The highest BCUT2D eigenvalue weighted by atomic mass is 16.1. The average Bonchev–Trinajstić information content (AvgIpc) is 2.46. The van der Waals surface area contributed by atoms with Crippen molar-refractivity contribution in [3.8, 4) is 6.07 Å². The number of hydrogen-bond acceptors (Lipinski definition) is 4. The summed E-state index contributed by atoms with van der Waals surface area (Å²) in [5.74, 6) is -0.336. The molecule has 0 spiro atoms. The summed E-state index contributed by atoms with van der Waals surface area (Å²) in [4.78, 5) is 18.0. The summed E-state index contributed by atoms with van der Waals surface area (Å²) < 4.78 is 0. The van der Waals surface area contributed by atoms with Gasteiger partial charge < -0.3 is 10.2 Å². The van der Waals surface area contributed by atoms with Gasteiger partial charge in [-0.15, -0.1) is 0 Å². The molecule has 1 aromatic heterocycles. The van der Waals surface area contributed by atoms with Gasteiger partial charge in [-0.05, 0) is 51.8 Å². The van der Waals surface area contributed by atoms with E-state index in [2.05, 4.69) is 10.3 Å². The monoisotopic (exact) mass is 300 g/mol. The minimum absolute atomic E-state index is 0.131. The summed E-state index contributed by atoms with van der Waals surface area (Å²) in [5.41, 5.74) is 0.951. The average molecular weight is 300 g/mol. The zero-order chi connectivity index (χ0) is 16.6.